The van der Waals surface area contributed by atoms with Gasteiger partial charge in [-0.05, 0) is 26.7 Å². The van der Waals surface area contributed by atoms with E-state index in [1.54, 1.807) is 0 Å². The maximum atomic E-state index is 11.7. The molecular weight excluding hydrogens is 190 g/mol. The molecule has 4 heteroatoms. The Hall–Kier alpha value is -0.610. The number of rotatable bonds is 3. The lowest BCUT2D eigenvalue weighted by atomic mass is 10.1. The molecule has 2 rings (SSSR count). The van der Waals surface area contributed by atoms with Crippen LogP contribution in [0.25, 0.3) is 0 Å². The Bertz CT molecular complexity index is 230. The van der Waals surface area contributed by atoms with Crippen LogP contribution in [0.2, 0.25) is 0 Å². The van der Waals surface area contributed by atoms with Crippen molar-refractivity contribution >= 4 is 5.91 Å². The molecular formula is C11H21N3O. The number of hydrogen-bond donors (Lipinski definition) is 2. The molecule has 2 N–H and O–H groups in total. The summed E-state index contributed by atoms with van der Waals surface area (Å²) >= 11 is 0. The molecule has 0 spiro atoms. The number of carbonyl (C=O) groups is 1. The van der Waals surface area contributed by atoms with Crippen molar-refractivity contribution in [2.24, 2.45) is 0 Å². The molecule has 1 aliphatic heterocycles. The van der Waals surface area contributed by atoms with E-state index >= 15 is 0 Å². The summed E-state index contributed by atoms with van der Waals surface area (Å²) in [6, 6.07) is 1.39. The highest BCUT2D eigenvalue weighted by Gasteiger charge is 2.28. The highest BCUT2D eigenvalue weighted by molar-refractivity contribution is 5.78. The van der Waals surface area contributed by atoms with Gasteiger partial charge in [-0.1, -0.05) is 0 Å². The summed E-state index contributed by atoms with van der Waals surface area (Å²) < 4.78 is 0. The van der Waals surface area contributed by atoms with E-state index in [9.17, 15) is 4.79 Å². The lowest BCUT2D eigenvalue weighted by molar-refractivity contribution is -0.123. The summed E-state index contributed by atoms with van der Waals surface area (Å²) in [5, 5.41) is 6.41. The average Bonchev–Trinajstić information content (AvgIpc) is 2.95. The molecule has 1 aliphatic carbocycles. The van der Waals surface area contributed by atoms with Crippen LogP contribution in [0.1, 0.15) is 26.7 Å². The molecule has 2 atom stereocenters. The second-order valence-corrected chi connectivity index (χ2v) is 4.87. The van der Waals surface area contributed by atoms with Crippen LogP contribution in [0.3, 0.4) is 0 Å². The zero-order valence-corrected chi connectivity index (χ0v) is 9.62. The van der Waals surface area contributed by atoms with Gasteiger partial charge in [-0.3, -0.25) is 9.69 Å². The number of nitrogens with one attached hydrogen (secondary N) is 2. The molecule has 1 amide bonds. The third kappa shape index (κ3) is 2.92. The Labute approximate surface area is 91.4 Å². The monoisotopic (exact) mass is 211 g/mol. The molecule has 86 valence electrons. The van der Waals surface area contributed by atoms with Crippen LogP contribution in [0, 0.1) is 0 Å². The summed E-state index contributed by atoms with van der Waals surface area (Å²) in [5.41, 5.74) is 0. The van der Waals surface area contributed by atoms with E-state index in [-0.39, 0.29) is 5.91 Å². The Morgan fingerprint density at radius 3 is 2.47 bits per heavy atom. The van der Waals surface area contributed by atoms with Gasteiger partial charge in [0.15, 0.2) is 0 Å². The number of hydrogen-bond acceptors (Lipinski definition) is 3. The number of nitrogens with zero attached hydrogens (tertiary/aromatic N) is 1. The number of amides is 1. The van der Waals surface area contributed by atoms with Gasteiger partial charge in [-0.25, -0.2) is 0 Å². The fourth-order valence-electron chi connectivity index (χ4n) is 2.15. The lowest BCUT2D eigenvalue weighted by Gasteiger charge is -2.38. The first-order valence-corrected chi connectivity index (χ1v) is 5.92. The number of piperazine rings is 1. The molecule has 1 heterocycles. The van der Waals surface area contributed by atoms with E-state index in [0.717, 1.165) is 13.1 Å². The fourth-order valence-corrected chi connectivity index (χ4v) is 2.15. The van der Waals surface area contributed by atoms with E-state index < -0.39 is 0 Å². The van der Waals surface area contributed by atoms with Gasteiger partial charge in [0.25, 0.3) is 0 Å². The van der Waals surface area contributed by atoms with E-state index in [1.165, 1.54) is 12.8 Å². The van der Waals surface area contributed by atoms with Crippen LogP contribution in [-0.2, 0) is 4.79 Å². The fraction of sp³-hybridized carbons (Fsp3) is 0.909. The minimum atomic E-state index is 0.193. The summed E-state index contributed by atoms with van der Waals surface area (Å²) in [5.74, 6) is 0.193. The molecule has 2 fully saturated rings. The third-order valence-corrected chi connectivity index (χ3v) is 3.28. The quantitative estimate of drug-likeness (QED) is 0.688. The molecule has 1 saturated heterocycles. The Balaban J connectivity index is 1.81. The first kappa shape index (κ1) is 10.9. The van der Waals surface area contributed by atoms with Gasteiger partial charge < -0.3 is 10.6 Å². The second-order valence-electron chi connectivity index (χ2n) is 4.87. The van der Waals surface area contributed by atoms with Gasteiger partial charge in [0.1, 0.15) is 0 Å². The summed E-state index contributed by atoms with van der Waals surface area (Å²) in [6.07, 6.45) is 2.33. The van der Waals surface area contributed by atoms with Crippen molar-refractivity contribution in [1.82, 2.24) is 15.5 Å². The molecule has 4 nitrogen and oxygen atoms in total. The predicted molar refractivity (Wildman–Crippen MR) is 59.7 cm³/mol. The van der Waals surface area contributed by atoms with Crippen molar-refractivity contribution in [2.75, 3.05) is 19.6 Å². The van der Waals surface area contributed by atoms with Crippen molar-refractivity contribution in [3.8, 4) is 0 Å². The number of carbonyl (C=O) groups excluding carboxylic acids is 1. The average molecular weight is 211 g/mol. The summed E-state index contributed by atoms with van der Waals surface area (Å²) in [7, 11) is 0. The maximum absolute atomic E-state index is 11.7. The Morgan fingerprint density at radius 1 is 1.33 bits per heavy atom. The molecule has 2 aliphatic rings. The standard InChI is InChI=1S/C11H21N3O/c1-8-5-12-6-9(2)14(8)7-11(15)13-10-3-4-10/h8-10,12H,3-7H2,1-2H3,(H,13,15)/t8-,9+. The largest absolute Gasteiger partial charge is 0.352 e. The molecule has 0 bridgehead atoms. The van der Waals surface area contributed by atoms with E-state index in [4.69, 9.17) is 0 Å². The van der Waals surface area contributed by atoms with Crippen LogP contribution in [-0.4, -0.2) is 48.6 Å². The minimum absolute atomic E-state index is 0.193. The highest BCUT2D eigenvalue weighted by atomic mass is 16.2. The highest BCUT2D eigenvalue weighted by Crippen LogP contribution is 2.18. The van der Waals surface area contributed by atoms with Crippen molar-refractivity contribution < 1.29 is 4.79 Å². The third-order valence-electron chi connectivity index (χ3n) is 3.28. The smallest absolute Gasteiger partial charge is 0.234 e. The van der Waals surface area contributed by atoms with Gasteiger partial charge in [0.2, 0.25) is 5.91 Å². The van der Waals surface area contributed by atoms with Gasteiger partial charge in [0.05, 0.1) is 6.54 Å². The molecule has 0 aromatic heterocycles. The molecule has 0 aromatic carbocycles. The van der Waals surface area contributed by atoms with Crippen LogP contribution >= 0.6 is 0 Å². The van der Waals surface area contributed by atoms with Crippen LogP contribution < -0.4 is 10.6 Å². The van der Waals surface area contributed by atoms with Gasteiger partial charge in [-0.2, -0.15) is 0 Å². The molecule has 0 aromatic rings. The van der Waals surface area contributed by atoms with Gasteiger partial charge >= 0.3 is 0 Å². The van der Waals surface area contributed by atoms with Crippen LogP contribution in [0.15, 0.2) is 0 Å². The first-order chi connectivity index (χ1) is 7.16. The van der Waals surface area contributed by atoms with Crippen molar-refractivity contribution in [1.29, 1.82) is 0 Å². The minimum Gasteiger partial charge on any atom is -0.352 e. The van der Waals surface area contributed by atoms with Crippen molar-refractivity contribution in [3.05, 3.63) is 0 Å². The van der Waals surface area contributed by atoms with E-state index in [1.807, 2.05) is 0 Å². The van der Waals surface area contributed by atoms with Crippen LogP contribution in [0.4, 0.5) is 0 Å². The maximum Gasteiger partial charge on any atom is 0.234 e. The van der Waals surface area contributed by atoms with Crippen LogP contribution in [0.5, 0.6) is 0 Å². The predicted octanol–water partition coefficient (Wildman–Crippen LogP) is -0.0528. The summed E-state index contributed by atoms with van der Waals surface area (Å²) in [4.78, 5) is 14.0. The zero-order valence-electron chi connectivity index (χ0n) is 9.62. The van der Waals surface area contributed by atoms with E-state index in [2.05, 4.69) is 29.4 Å². The topological polar surface area (TPSA) is 44.4 Å². The first-order valence-electron chi connectivity index (χ1n) is 5.92. The second kappa shape index (κ2) is 4.49. The van der Waals surface area contributed by atoms with Gasteiger partial charge in [0, 0.05) is 31.2 Å². The lowest BCUT2D eigenvalue weighted by Crippen LogP contribution is -2.57. The van der Waals surface area contributed by atoms with Crippen molar-refractivity contribution in [2.45, 2.75) is 44.8 Å². The van der Waals surface area contributed by atoms with E-state index in [0.29, 0.717) is 24.7 Å². The van der Waals surface area contributed by atoms with Gasteiger partial charge in [-0.15, -0.1) is 0 Å². The SMILES string of the molecule is C[C@@H]1CNC[C@H](C)N1CC(=O)NC1CC1. The van der Waals surface area contributed by atoms with Crippen molar-refractivity contribution in [3.63, 3.8) is 0 Å². The Morgan fingerprint density at radius 2 is 1.93 bits per heavy atom. The molecule has 1 saturated carbocycles. The normalized spacial score (nSPS) is 32.7. The molecule has 0 radical (unpaired) electrons. The Kier molecular flexibility index (Phi) is 3.26. The summed E-state index contributed by atoms with van der Waals surface area (Å²) in [6.45, 7) is 6.88. The molecule has 0 unspecified atom stereocenters. The zero-order chi connectivity index (χ0) is 10.8. The molecule has 15 heavy (non-hydrogen) atoms.